The van der Waals surface area contributed by atoms with Crippen LogP contribution in [0.5, 0.6) is 0 Å². The molecule has 18 heavy (non-hydrogen) atoms. The number of aryl methyl sites for hydroxylation is 1. The van der Waals surface area contributed by atoms with Crippen molar-refractivity contribution in [2.75, 3.05) is 0 Å². The lowest BCUT2D eigenvalue weighted by molar-refractivity contribution is 0.0942. The lowest BCUT2D eigenvalue weighted by Gasteiger charge is -2.06. The molecule has 1 heterocycles. The van der Waals surface area contributed by atoms with Crippen molar-refractivity contribution in [3.63, 3.8) is 0 Å². The predicted molar refractivity (Wildman–Crippen MR) is 70.4 cm³/mol. The molecule has 0 aliphatic carbocycles. The Labute approximate surface area is 111 Å². The maximum atomic E-state index is 11.9. The first-order chi connectivity index (χ1) is 8.70. The zero-order valence-corrected chi connectivity index (χ0v) is 10.8. The van der Waals surface area contributed by atoms with Crippen LogP contribution >= 0.6 is 11.6 Å². The fourth-order valence-corrected chi connectivity index (χ4v) is 1.84. The summed E-state index contributed by atoms with van der Waals surface area (Å²) in [5.74, 6) is 0.343. The maximum Gasteiger partial charge on any atom is 0.269 e. The van der Waals surface area contributed by atoms with E-state index in [1.54, 1.807) is 24.1 Å². The molecule has 2 rings (SSSR count). The van der Waals surface area contributed by atoms with Gasteiger partial charge in [-0.15, -0.1) is 11.6 Å². The molecule has 94 valence electrons. The maximum absolute atomic E-state index is 11.9. The number of alkyl halides is 1. The number of hydrogen-bond donors (Lipinski definition) is 1. The Morgan fingerprint density at radius 3 is 2.89 bits per heavy atom. The van der Waals surface area contributed by atoms with Crippen molar-refractivity contribution >= 4 is 17.5 Å². The summed E-state index contributed by atoms with van der Waals surface area (Å²) in [6.07, 6.45) is 3.15. The number of benzene rings is 1. The SMILES string of the molecule is Cn1cncc1C(=O)NCc1cccc(CCl)c1. The number of amides is 1. The van der Waals surface area contributed by atoms with Gasteiger partial charge in [-0.25, -0.2) is 4.98 Å². The first-order valence-corrected chi connectivity index (χ1v) is 6.12. The van der Waals surface area contributed by atoms with Crippen molar-refractivity contribution in [3.8, 4) is 0 Å². The molecule has 0 unspecified atom stereocenters. The van der Waals surface area contributed by atoms with E-state index in [2.05, 4.69) is 10.3 Å². The van der Waals surface area contributed by atoms with E-state index < -0.39 is 0 Å². The highest BCUT2D eigenvalue weighted by atomic mass is 35.5. The van der Waals surface area contributed by atoms with Gasteiger partial charge in [-0.2, -0.15) is 0 Å². The predicted octanol–water partition coefficient (Wildman–Crippen LogP) is 2.09. The third-order valence-electron chi connectivity index (χ3n) is 2.65. The molecule has 0 saturated heterocycles. The second-order valence-electron chi connectivity index (χ2n) is 4.03. The highest BCUT2D eigenvalue weighted by Crippen LogP contribution is 2.08. The Morgan fingerprint density at radius 1 is 1.44 bits per heavy atom. The fourth-order valence-electron chi connectivity index (χ4n) is 1.67. The third-order valence-corrected chi connectivity index (χ3v) is 2.96. The Kier molecular flexibility index (Phi) is 3.99. The minimum Gasteiger partial charge on any atom is -0.347 e. The lowest BCUT2D eigenvalue weighted by Crippen LogP contribution is -2.24. The van der Waals surface area contributed by atoms with Crippen molar-refractivity contribution in [1.29, 1.82) is 0 Å². The number of imidazole rings is 1. The lowest BCUT2D eigenvalue weighted by atomic mass is 10.1. The molecule has 0 fully saturated rings. The summed E-state index contributed by atoms with van der Waals surface area (Å²) in [6.45, 7) is 0.481. The van der Waals surface area contributed by atoms with E-state index >= 15 is 0 Å². The van der Waals surface area contributed by atoms with Crippen molar-refractivity contribution in [3.05, 3.63) is 53.6 Å². The number of aromatic nitrogens is 2. The van der Waals surface area contributed by atoms with Crippen LogP contribution in [0.15, 0.2) is 36.8 Å². The van der Waals surface area contributed by atoms with Crippen LogP contribution in [0.1, 0.15) is 21.6 Å². The van der Waals surface area contributed by atoms with Gasteiger partial charge in [0.2, 0.25) is 0 Å². The van der Waals surface area contributed by atoms with Crippen LogP contribution in [0.3, 0.4) is 0 Å². The minimum absolute atomic E-state index is 0.133. The van der Waals surface area contributed by atoms with Crippen LogP contribution in [0.2, 0.25) is 0 Å². The van der Waals surface area contributed by atoms with E-state index in [4.69, 9.17) is 11.6 Å². The largest absolute Gasteiger partial charge is 0.347 e. The Bertz CT molecular complexity index is 551. The molecule has 1 aromatic heterocycles. The summed E-state index contributed by atoms with van der Waals surface area (Å²) in [4.78, 5) is 15.8. The number of nitrogens with one attached hydrogen (secondary N) is 1. The molecule has 5 heteroatoms. The molecule has 0 spiro atoms. The van der Waals surface area contributed by atoms with Gasteiger partial charge in [0.1, 0.15) is 5.69 Å². The van der Waals surface area contributed by atoms with E-state index in [1.807, 2.05) is 24.3 Å². The average molecular weight is 264 g/mol. The number of carbonyl (C=O) groups excluding carboxylic acids is 1. The molecule has 0 bridgehead atoms. The summed E-state index contributed by atoms with van der Waals surface area (Å²) in [7, 11) is 1.79. The highest BCUT2D eigenvalue weighted by Gasteiger charge is 2.08. The van der Waals surface area contributed by atoms with Gasteiger partial charge in [0, 0.05) is 19.5 Å². The topological polar surface area (TPSA) is 46.9 Å². The first-order valence-electron chi connectivity index (χ1n) is 5.59. The van der Waals surface area contributed by atoms with Gasteiger partial charge in [-0.1, -0.05) is 24.3 Å². The van der Waals surface area contributed by atoms with Crippen LogP contribution in [0.25, 0.3) is 0 Å². The van der Waals surface area contributed by atoms with Gasteiger partial charge in [-0.3, -0.25) is 4.79 Å². The minimum atomic E-state index is -0.133. The zero-order valence-electron chi connectivity index (χ0n) is 10.1. The summed E-state index contributed by atoms with van der Waals surface area (Å²) in [5.41, 5.74) is 2.62. The molecule has 0 aliphatic heterocycles. The van der Waals surface area contributed by atoms with E-state index in [0.29, 0.717) is 18.1 Å². The number of nitrogens with zero attached hydrogens (tertiary/aromatic N) is 2. The second kappa shape index (κ2) is 5.69. The normalized spacial score (nSPS) is 10.3. The molecule has 2 aromatic rings. The van der Waals surface area contributed by atoms with Gasteiger partial charge in [-0.05, 0) is 11.1 Å². The van der Waals surface area contributed by atoms with E-state index in [1.165, 1.54) is 0 Å². The van der Waals surface area contributed by atoms with Gasteiger partial charge < -0.3 is 9.88 Å². The molecule has 1 aromatic carbocycles. The fraction of sp³-hybridized carbons (Fsp3) is 0.231. The van der Waals surface area contributed by atoms with Gasteiger partial charge in [0.05, 0.1) is 12.5 Å². The molecule has 0 saturated carbocycles. The number of halogens is 1. The van der Waals surface area contributed by atoms with Crippen molar-refractivity contribution in [2.45, 2.75) is 12.4 Å². The van der Waals surface area contributed by atoms with E-state index in [-0.39, 0.29) is 5.91 Å². The molecule has 4 nitrogen and oxygen atoms in total. The summed E-state index contributed by atoms with van der Waals surface area (Å²) in [6, 6.07) is 7.83. The monoisotopic (exact) mass is 263 g/mol. The van der Waals surface area contributed by atoms with Crippen molar-refractivity contribution in [2.24, 2.45) is 7.05 Å². The smallest absolute Gasteiger partial charge is 0.269 e. The van der Waals surface area contributed by atoms with Gasteiger partial charge >= 0.3 is 0 Å². The Balaban J connectivity index is 1.99. The molecule has 0 radical (unpaired) electrons. The Hall–Kier alpha value is -1.81. The Morgan fingerprint density at radius 2 is 2.22 bits per heavy atom. The summed E-state index contributed by atoms with van der Waals surface area (Å²) < 4.78 is 1.69. The third kappa shape index (κ3) is 2.90. The van der Waals surface area contributed by atoms with Crippen molar-refractivity contribution < 1.29 is 4.79 Å². The van der Waals surface area contributed by atoms with E-state index in [0.717, 1.165) is 11.1 Å². The van der Waals surface area contributed by atoms with Crippen LogP contribution in [0.4, 0.5) is 0 Å². The molecule has 0 atom stereocenters. The van der Waals surface area contributed by atoms with Crippen LogP contribution < -0.4 is 5.32 Å². The van der Waals surface area contributed by atoms with E-state index in [9.17, 15) is 4.79 Å². The second-order valence-corrected chi connectivity index (χ2v) is 4.29. The highest BCUT2D eigenvalue weighted by molar-refractivity contribution is 6.17. The summed E-state index contributed by atoms with van der Waals surface area (Å²) >= 11 is 5.76. The number of hydrogen-bond acceptors (Lipinski definition) is 2. The standard InChI is InChI=1S/C13H14ClN3O/c1-17-9-15-8-12(17)13(18)16-7-11-4-2-3-10(5-11)6-14/h2-5,8-9H,6-7H2,1H3,(H,16,18). The van der Waals surface area contributed by atoms with Crippen LogP contribution in [-0.4, -0.2) is 15.5 Å². The molecular weight excluding hydrogens is 250 g/mol. The van der Waals surface area contributed by atoms with Gasteiger partial charge in [0.25, 0.3) is 5.91 Å². The number of carbonyl (C=O) groups is 1. The summed E-state index contributed by atoms with van der Waals surface area (Å²) in [5, 5.41) is 2.85. The molecule has 1 N–H and O–H groups in total. The molecule has 0 aliphatic rings. The quantitative estimate of drug-likeness (QED) is 0.859. The molecular formula is C13H14ClN3O. The van der Waals surface area contributed by atoms with Crippen LogP contribution in [0, 0.1) is 0 Å². The number of rotatable bonds is 4. The average Bonchev–Trinajstić information content (AvgIpc) is 2.82. The molecule has 1 amide bonds. The van der Waals surface area contributed by atoms with Crippen molar-refractivity contribution in [1.82, 2.24) is 14.9 Å². The zero-order chi connectivity index (χ0) is 13.0. The first kappa shape index (κ1) is 12.6. The van der Waals surface area contributed by atoms with Gasteiger partial charge in [0.15, 0.2) is 0 Å². The van der Waals surface area contributed by atoms with Crippen LogP contribution in [-0.2, 0) is 19.5 Å².